The van der Waals surface area contributed by atoms with Gasteiger partial charge in [-0.15, -0.1) is 0 Å². The summed E-state index contributed by atoms with van der Waals surface area (Å²) in [6, 6.07) is 8.08. The molecule has 3 aromatic rings. The second kappa shape index (κ2) is 5.25. The van der Waals surface area contributed by atoms with Crippen LogP contribution < -0.4 is 0 Å². The normalized spacial score (nSPS) is 9.76. The quantitative estimate of drug-likeness (QED) is 0.686. The smallest absolute Gasteiger partial charge is 0.137 e. The molecule has 3 rings (SSSR count). The Hall–Kier alpha value is -2.16. The van der Waals surface area contributed by atoms with Gasteiger partial charge in [-0.3, -0.25) is 4.98 Å². The molecule has 0 saturated heterocycles. The maximum absolute atomic E-state index is 4.33. The topological polar surface area (TPSA) is 41.6 Å². The highest BCUT2D eigenvalue weighted by Gasteiger charge is 2.00. The largest absolute Gasteiger partial charge is 0.346 e. The number of hydrogen-bond acceptors (Lipinski definition) is 2. The molecule has 0 spiro atoms. The fraction of sp³-hybridized carbons (Fsp3) is 0.143. The van der Waals surface area contributed by atoms with Crippen LogP contribution in [0.15, 0.2) is 49.1 Å². The Morgan fingerprint density at radius 2 is 1.94 bits per heavy atom. The molecule has 3 heterocycles. The molecule has 0 radical (unpaired) electrons. The Morgan fingerprint density at radius 3 is 2.71 bits per heavy atom. The Balaban J connectivity index is 0.000000514. The first-order valence-corrected chi connectivity index (χ1v) is 5.77. The van der Waals surface area contributed by atoms with Gasteiger partial charge in [-0.2, -0.15) is 0 Å². The number of H-pyrrole nitrogens is 1. The van der Waals surface area contributed by atoms with Gasteiger partial charge in [-0.1, -0.05) is 19.9 Å². The summed E-state index contributed by atoms with van der Waals surface area (Å²) in [4.78, 5) is 11.5. The fourth-order valence-electron chi connectivity index (χ4n) is 1.63. The minimum absolute atomic E-state index is 0.919. The third-order valence-corrected chi connectivity index (χ3v) is 2.39. The molecule has 0 fully saturated rings. The lowest BCUT2D eigenvalue weighted by Gasteiger charge is -1.99. The first kappa shape index (κ1) is 11.3. The van der Waals surface area contributed by atoms with E-state index < -0.39 is 0 Å². The van der Waals surface area contributed by atoms with Gasteiger partial charge in [0.15, 0.2) is 0 Å². The molecule has 17 heavy (non-hydrogen) atoms. The summed E-state index contributed by atoms with van der Waals surface area (Å²) < 4.78 is 0. The zero-order chi connectivity index (χ0) is 12.1. The van der Waals surface area contributed by atoms with Gasteiger partial charge < -0.3 is 4.98 Å². The summed E-state index contributed by atoms with van der Waals surface area (Å²) in [6.45, 7) is 4.00. The van der Waals surface area contributed by atoms with Gasteiger partial charge in [-0.25, -0.2) is 4.98 Å². The lowest BCUT2D eigenvalue weighted by atomic mass is 10.1. The highest BCUT2D eigenvalue weighted by molar-refractivity contribution is 5.81. The molecule has 0 aromatic carbocycles. The molecule has 3 heteroatoms. The van der Waals surface area contributed by atoms with E-state index in [1.54, 1.807) is 6.20 Å². The summed E-state index contributed by atoms with van der Waals surface area (Å²) in [6.07, 6.45) is 7.36. The molecular formula is C14H15N3. The van der Waals surface area contributed by atoms with Gasteiger partial charge in [0.05, 0.1) is 0 Å². The maximum atomic E-state index is 4.33. The third-order valence-electron chi connectivity index (χ3n) is 2.39. The molecular weight excluding hydrogens is 210 g/mol. The van der Waals surface area contributed by atoms with Crippen molar-refractivity contribution in [1.82, 2.24) is 15.0 Å². The first-order valence-electron chi connectivity index (χ1n) is 5.77. The van der Waals surface area contributed by atoms with Crippen LogP contribution in [0.5, 0.6) is 0 Å². The van der Waals surface area contributed by atoms with Gasteiger partial charge >= 0.3 is 0 Å². The minimum atomic E-state index is 0.919. The van der Waals surface area contributed by atoms with Crippen molar-refractivity contribution in [1.29, 1.82) is 0 Å². The molecule has 0 unspecified atom stereocenters. The summed E-state index contributed by atoms with van der Waals surface area (Å²) in [5.74, 6) is 0. The van der Waals surface area contributed by atoms with Gasteiger partial charge in [-0.05, 0) is 18.2 Å². The third kappa shape index (κ3) is 2.33. The molecule has 0 aliphatic carbocycles. The highest BCUT2D eigenvalue weighted by Crippen LogP contribution is 2.20. The van der Waals surface area contributed by atoms with Crippen molar-refractivity contribution >= 4 is 11.0 Å². The first-order chi connectivity index (χ1) is 8.43. The van der Waals surface area contributed by atoms with Crippen LogP contribution in [0.3, 0.4) is 0 Å². The molecule has 0 bridgehead atoms. The van der Waals surface area contributed by atoms with Crippen LogP contribution in [0.25, 0.3) is 22.2 Å². The fourth-order valence-corrected chi connectivity index (χ4v) is 1.63. The average molecular weight is 225 g/mol. The molecule has 0 amide bonds. The molecule has 0 atom stereocenters. The van der Waals surface area contributed by atoms with E-state index in [2.05, 4.69) is 21.0 Å². The van der Waals surface area contributed by atoms with Crippen molar-refractivity contribution in [3.8, 4) is 11.1 Å². The summed E-state index contributed by atoms with van der Waals surface area (Å²) in [5.41, 5.74) is 3.10. The van der Waals surface area contributed by atoms with Crippen molar-refractivity contribution in [3.63, 3.8) is 0 Å². The van der Waals surface area contributed by atoms with E-state index in [0.29, 0.717) is 0 Å². The summed E-state index contributed by atoms with van der Waals surface area (Å²) in [7, 11) is 0. The molecule has 1 N–H and O–H groups in total. The number of hydrogen-bond donors (Lipinski definition) is 1. The number of aromatic amines is 1. The molecule has 3 nitrogen and oxygen atoms in total. The van der Waals surface area contributed by atoms with E-state index in [-0.39, 0.29) is 0 Å². The summed E-state index contributed by atoms with van der Waals surface area (Å²) >= 11 is 0. The van der Waals surface area contributed by atoms with Crippen molar-refractivity contribution in [3.05, 3.63) is 49.1 Å². The molecule has 0 aliphatic heterocycles. The van der Waals surface area contributed by atoms with Gasteiger partial charge in [0.2, 0.25) is 0 Å². The van der Waals surface area contributed by atoms with E-state index in [4.69, 9.17) is 0 Å². The van der Waals surface area contributed by atoms with Crippen LogP contribution >= 0.6 is 0 Å². The van der Waals surface area contributed by atoms with Crippen molar-refractivity contribution in [2.45, 2.75) is 13.8 Å². The van der Waals surface area contributed by atoms with Crippen molar-refractivity contribution < 1.29 is 0 Å². The van der Waals surface area contributed by atoms with E-state index >= 15 is 0 Å². The van der Waals surface area contributed by atoms with Crippen LogP contribution in [-0.2, 0) is 0 Å². The standard InChI is InChI=1S/C12H9N3.C2H6/c1-2-10(7-13-4-1)11-6-9-3-5-14-12(9)15-8-11;1-2/h1-8H,(H,14,15);1-2H3. The van der Waals surface area contributed by atoms with Crippen LogP contribution in [0, 0.1) is 0 Å². The van der Waals surface area contributed by atoms with Gasteiger partial charge in [0.25, 0.3) is 0 Å². The molecule has 0 aliphatic rings. The molecule has 86 valence electrons. The Morgan fingerprint density at radius 1 is 1.06 bits per heavy atom. The van der Waals surface area contributed by atoms with Gasteiger partial charge in [0.1, 0.15) is 5.65 Å². The Bertz CT molecular complexity index is 584. The Labute approximate surface area is 101 Å². The molecule has 0 saturated carbocycles. The molecule has 3 aromatic heterocycles. The lowest BCUT2D eigenvalue weighted by molar-refractivity contribution is 1.30. The monoisotopic (exact) mass is 225 g/mol. The number of rotatable bonds is 1. The minimum Gasteiger partial charge on any atom is -0.346 e. The zero-order valence-corrected chi connectivity index (χ0v) is 10.0. The number of pyridine rings is 2. The van der Waals surface area contributed by atoms with Crippen LogP contribution in [0.2, 0.25) is 0 Å². The van der Waals surface area contributed by atoms with Crippen molar-refractivity contribution in [2.24, 2.45) is 0 Å². The Kier molecular flexibility index (Phi) is 3.50. The van der Waals surface area contributed by atoms with E-state index in [9.17, 15) is 0 Å². The number of fused-ring (bicyclic) bond motifs is 1. The second-order valence-corrected chi connectivity index (χ2v) is 3.38. The van der Waals surface area contributed by atoms with E-state index in [1.165, 1.54) is 0 Å². The van der Waals surface area contributed by atoms with E-state index in [0.717, 1.165) is 22.2 Å². The van der Waals surface area contributed by atoms with E-state index in [1.807, 2.05) is 50.6 Å². The highest BCUT2D eigenvalue weighted by atomic mass is 14.8. The average Bonchev–Trinajstić information content (AvgIpc) is 2.89. The second-order valence-electron chi connectivity index (χ2n) is 3.38. The lowest BCUT2D eigenvalue weighted by Crippen LogP contribution is -1.82. The van der Waals surface area contributed by atoms with Crippen molar-refractivity contribution in [2.75, 3.05) is 0 Å². The number of nitrogens with one attached hydrogen (secondary N) is 1. The van der Waals surface area contributed by atoms with Gasteiger partial charge in [0, 0.05) is 41.3 Å². The summed E-state index contributed by atoms with van der Waals surface area (Å²) in [5, 5.41) is 1.12. The number of aromatic nitrogens is 3. The van der Waals surface area contributed by atoms with Crippen LogP contribution in [-0.4, -0.2) is 15.0 Å². The van der Waals surface area contributed by atoms with Crippen LogP contribution in [0.1, 0.15) is 13.8 Å². The SMILES string of the molecule is CC.c1cncc(-c2cnc3[nH]ccc3c2)c1. The number of nitrogens with zero attached hydrogens (tertiary/aromatic N) is 2. The predicted octanol–water partition coefficient (Wildman–Crippen LogP) is 3.65. The maximum Gasteiger partial charge on any atom is 0.137 e. The zero-order valence-electron chi connectivity index (χ0n) is 10.0. The van der Waals surface area contributed by atoms with Crippen LogP contribution in [0.4, 0.5) is 0 Å². The predicted molar refractivity (Wildman–Crippen MR) is 70.7 cm³/mol.